The lowest BCUT2D eigenvalue weighted by molar-refractivity contribution is 0.200. The molecule has 2 aromatic rings. The van der Waals surface area contributed by atoms with Gasteiger partial charge in [-0.05, 0) is 19.1 Å². The number of rotatable bonds is 3. The van der Waals surface area contributed by atoms with Gasteiger partial charge in [0.25, 0.3) is 0 Å². The highest BCUT2D eigenvalue weighted by molar-refractivity contribution is 6.30. The Morgan fingerprint density at radius 3 is 3.15 bits per heavy atom. The molecule has 0 spiro atoms. The van der Waals surface area contributed by atoms with E-state index in [2.05, 4.69) is 33.4 Å². The van der Waals surface area contributed by atoms with Crippen LogP contribution in [0, 0.1) is 0 Å². The molecule has 0 saturated carbocycles. The highest BCUT2D eigenvalue weighted by Gasteiger charge is 2.18. The van der Waals surface area contributed by atoms with Crippen LogP contribution in [0.3, 0.4) is 0 Å². The van der Waals surface area contributed by atoms with Crippen LogP contribution in [0.4, 0.5) is 0 Å². The van der Waals surface area contributed by atoms with E-state index in [1.54, 1.807) is 0 Å². The zero-order chi connectivity index (χ0) is 13.9. The van der Waals surface area contributed by atoms with Crippen LogP contribution in [-0.4, -0.2) is 40.8 Å². The van der Waals surface area contributed by atoms with E-state index in [1.165, 1.54) is 5.56 Å². The van der Waals surface area contributed by atoms with Gasteiger partial charge in [-0.25, -0.2) is 0 Å². The fourth-order valence-electron chi connectivity index (χ4n) is 2.72. The lowest BCUT2D eigenvalue weighted by Gasteiger charge is -2.31. The number of piperazine rings is 1. The van der Waals surface area contributed by atoms with Gasteiger partial charge in [-0.15, -0.1) is 0 Å². The Bertz CT molecular complexity index is 581. The Morgan fingerprint density at radius 2 is 2.35 bits per heavy atom. The van der Waals surface area contributed by atoms with E-state index in [4.69, 9.17) is 11.6 Å². The van der Waals surface area contributed by atoms with Gasteiger partial charge in [0.1, 0.15) is 0 Å². The molecule has 0 amide bonds. The summed E-state index contributed by atoms with van der Waals surface area (Å²) in [5, 5.41) is 11.5. The van der Waals surface area contributed by atoms with Gasteiger partial charge in [-0.1, -0.05) is 23.7 Å². The number of hydrogen-bond acceptors (Lipinski definition) is 3. The Morgan fingerprint density at radius 1 is 1.45 bits per heavy atom. The third-order valence-corrected chi connectivity index (χ3v) is 3.91. The van der Waals surface area contributed by atoms with Gasteiger partial charge in [0, 0.05) is 48.4 Å². The Kier molecular flexibility index (Phi) is 4.05. The first kappa shape index (κ1) is 13.6. The van der Waals surface area contributed by atoms with Gasteiger partial charge in [0.15, 0.2) is 0 Å². The summed E-state index contributed by atoms with van der Waals surface area (Å²) in [4.78, 5) is 2.46. The van der Waals surface area contributed by atoms with E-state index >= 15 is 0 Å². The highest BCUT2D eigenvalue weighted by Crippen LogP contribution is 2.25. The lowest BCUT2D eigenvalue weighted by atomic mass is 10.1. The fourth-order valence-corrected chi connectivity index (χ4v) is 2.91. The molecular formula is C15H19ClN4. The van der Waals surface area contributed by atoms with Gasteiger partial charge < -0.3 is 5.32 Å². The van der Waals surface area contributed by atoms with Crippen LogP contribution in [0.1, 0.15) is 12.5 Å². The minimum atomic E-state index is 0.547. The average Bonchev–Trinajstić information content (AvgIpc) is 2.87. The van der Waals surface area contributed by atoms with E-state index < -0.39 is 0 Å². The number of aromatic nitrogens is 2. The first-order valence-corrected chi connectivity index (χ1v) is 7.34. The summed E-state index contributed by atoms with van der Waals surface area (Å²) >= 11 is 6.07. The minimum Gasteiger partial charge on any atom is -0.312 e. The highest BCUT2D eigenvalue weighted by atomic mass is 35.5. The summed E-state index contributed by atoms with van der Waals surface area (Å²) in [6.07, 6.45) is 1.92. The summed E-state index contributed by atoms with van der Waals surface area (Å²) in [6.45, 7) is 6.33. The molecule has 1 aliphatic rings. The number of nitrogens with one attached hydrogen (secondary N) is 2. The van der Waals surface area contributed by atoms with Crippen LogP contribution in [-0.2, 0) is 6.54 Å². The molecule has 0 unspecified atom stereocenters. The molecule has 0 bridgehead atoms. The van der Waals surface area contributed by atoms with Crippen molar-refractivity contribution >= 4 is 11.6 Å². The van der Waals surface area contributed by atoms with Crippen molar-refractivity contribution in [3.8, 4) is 11.3 Å². The number of halogens is 1. The van der Waals surface area contributed by atoms with Crippen molar-refractivity contribution in [2.24, 2.45) is 0 Å². The summed E-state index contributed by atoms with van der Waals surface area (Å²) in [6, 6.07) is 8.43. The molecule has 0 aliphatic carbocycles. The van der Waals surface area contributed by atoms with Crippen molar-refractivity contribution < 1.29 is 0 Å². The first-order valence-electron chi connectivity index (χ1n) is 6.96. The van der Waals surface area contributed by atoms with Crippen LogP contribution < -0.4 is 5.32 Å². The normalized spacial score (nSPS) is 20.2. The molecule has 1 aliphatic heterocycles. The summed E-state index contributed by atoms with van der Waals surface area (Å²) in [7, 11) is 0. The predicted octanol–water partition coefficient (Wildman–Crippen LogP) is 2.52. The molecule has 1 aromatic heterocycles. The van der Waals surface area contributed by atoms with Crippen molar-refractivity contribution in [1.29, 1.82) is 0 Å². The average molecular weight is 291 g/mol. The standard InChI is InChI=1S/C15H19ClN4/c1-11-9-20(6-5-17-11)10-13-8-18-19-15(13)12-3-2-4-14(16)7-12/h2-4,7-8,11,17H,5-6,9-10H2,1H3,(H,18,19)/t11-/m1/s1. The van der Waals surface area contributed by atoms with Gasteiger partial charge in [0.05, 0.1) is 11.9 Å². The molecule has 106 valence electrons. The van der Waals surface area contributed by atoms with E-state index in [-0.39, 0.29) is 0 Å². The molecule has 1 aromatic carbocycles. The van der Waals surface area contributed by atoms with Crippen molar-refractivity contribution in [3.63, 3.8) is 0 Å². The smallest absolute Gasteiger partial charge is 0.0695 e. The molecule has 4 nitrogen and oxygen atoms in total. The number of aromatic amines is 1. The van der Waals surface area contributed by atoms with Crippen LogP contribution in [0.25, 0.3) is 11.3 Å². The van der Waals surface area contributed by atoms with Crippen molar-refractivity contribution in [1.82, 2.24) is 20.4 Å². The molecule has 5 heteroatoms. The fraction of sp³-hybridized carbons (Fsp3) is 0.400. The van der Waals surface area contributed by atoms with Crippen molar-refractivity contribution in [2.45, 2.75) is 19.5 Å². The molecule has 20 heavy (non-hydrogen) atoms. The third kappa shape index (κ3) is 3.03. The van der Waals surface area contributed by atoms with Gasteiger partial charge in [0.2, 0.25) is 0 Å². The van der Waals surface area contributed by atoms with Crippen molar-refractivity contribution in [2.75, 3.05) is 19.6 Å². The molecule has 2 N–H and O–H groups in total. The number of hydrogen-bond donors (Lipinski definition) is 2. The Labute approximate surface area is 124 Å². The number of H-pyrrole nitrogens is 1. The van der Waals surface area contributed by atoms with Crippen LogP contribution in [0.15, 0.2) is 30.5 Å². The molecular weight excluding hydrogens is 272 g/mol. The maximum Gasteiger partial charge on any atom is 0.0695 e. The van der Waals surface area contributed by atoms with Gasteiger partial charge in [-0.3, -0.25) is 10.00 Å². The van der Waals surface area contributed by atoms with E-state index in [0.29, 0.717) is 6.04 Å². The van der Waals surface area contributed by atoms with E-state index in [0.717, 1.165) is 42.5 Å². The monoisotopic (exact) mass is 290 g/mol. The zero-order valence-corrected chi connectivity index (χ0v) is 12.3. The Hall–Kier alpha value is -1.36. The minimum absolute atomic E-state index is 0.547. The van der Waals surface area contributed by atoms with Crippen LogP contribution in [0.5, 0.6) is 0 Å². The SMILES string of the molecule is C[C@@H]1CN(Cc2cn[nH]c2-c2cccc(Cl)c2)CCN1. The molecule has 1 fully saturated rings. The molecule has 1 atom stereocenters. The second-order valence-corrected chi connectivity index (χ2v) is 5.81. The van der Waals surface area contributed by atoms with E-state index in [1.807, 2.05) is 24.4 Å². The number of benzene rings is 1. The molecule has 2 heterocycles. The maximum atomic E-state index is 6.07. The van der Waals surface area contributed by atoms with Crippen molar-refractivity contribution in [3.05, 3.63) is 41.0 Å². The maximum absolute atomic E-state index is 6.07. The van der Waals surface area contributed by atoms with Gasteiger partial charge in [-0.2, -0.15) is 5.10 Å². The van der Waals surface area contributed by atoms with E-state index in [9.17, 15) is 0 Å². The topological polar surface area (TPSA) is 44.0 Å². The predicted molar refractivity (Wildman–Crippen MR) is 81.8 cm³/mol. The quantitative estimate of drug-likeness (QED) is 0.913. The summed E-state index contributed by atoms with van der Waals surface area (Å²) in [5.41, 5.74) is 3.38. The largest absolute Gasteiger partial charge is 0.312 e. The summed E-state index contributed by atoms with van der Waals surface area (Å²) in [5.74, 6) is 0. The molecule has 1 saturated heterocycles. The third-order valence-electron chi connectivity index (χ3n) is 3.68. The zero-order valence-electron chi connectivity index (χ0n) is 11.6. The lowest BCUT2D eigenvalue weighted by Crippen LogP contribution is -2.48. The Balaban J connectivity index is 1.80. The molecule has 0 radical (unpaired) electrons. The first-order chi connectivity index (χ1) is 9.72. The second-order valence-electron chi connectivity index (χ2n) is 5.37. The summed E-state index contributed by atoms with van der Waals surface area (Å²) < 4.78 is 0. The van der Waals surface area contributed by atoms with Crippen LogP contribution in [0.2, 0.25) is 5.02 Å². The van der Waals surface area contributed by atoms with Gasteiger partial charge >= 0.3 is 0 Å². The number of nitrogens with zero attached hydrogens (tertiary/aromatic N) is 2. The second kappa shape index (κ2) is 5.95. The molecule has 3 rings (SSSR count). The van der Waals surface area contributed by atoms with Crippen LogP contribution >= 0.6 is 11.6 Å².